The van der Waals surface area contributed by atoms with Crippen LogP contribution in [-0.4, -0.2) is 60.8 Å². The summed E-state index contributed by atoms with van der Waals surface area (Å²) in [5, 5.41) is 3.80. The minimum atomic E-state index is 0.220. The number of likely N-dealkylation sites (N-methyl/N-ethyl adjacent to an activating group) is 1. The molecule has 3 aliphatic rings. The molecule has 1 aliphatic carbocycles. The van der Waals surface area contributed by atoms with Crippen molar-refractivity contribution in [2.24, 2.45) is 0 Å². The van der Waals surface area contributed by atoms with Crippen molar-refractivity contribution in [3.8, 4) is 0 Å². The van der Waals surface area contributed by atoms with Crippen LogP contribution in [0.25, 0.3) is 0 Å². The molecular weight excluding hydrogens is 268 g/mol. The number of rotatable bonds is 5. The smallest absolute Gasteiger partial charge is 0.0795 e. The fourth-order valence-corrected chi connectivity index (χ4v) is 5.42. The van der Waals surface area contributed by atoms with Crippen LogP contribution in [0, 0.1) is 0 Å². The molecule has 0 bridgehead atoms. The van der Waals surface area contributed by atoms with E-state index in [9.17, 15) is 0 Å². The second-order valence-electron chi connectivity index (χ2n) is 6.90. The lowest BCUT2D eigenvalue weighted by Gasteiger charge is -2.38. The van der Waals surface area contributed by atoms with Crippen LogP contribution in [-0.2, 0) is 4.74 Å². The van der Waals surface area contributed by atoms with Gasteiger partial charge in [0.05, 0.1) is 5.60 Å². The molecule has 0 aromatic rings. The molecule has 3 nitrogen and oxygen atoms in total. The summed E-state index contributed by atoms with van der Waals surface area (Å²) in [5.74, 6) is 2.50. The minimum absolute atomic E-state index is 0.220. The normalized spacial score (nSPS) is 35.4. The summed E-state index contributed by atoms with van der Waals surface area (Å²) in [4.78, 5) is 2.57. The standard InChI is InChI=1S/C16H30N2OS/c1-18(15-4-2-3-5-15)9-8-17-14-6-10-19-16(12-14)7-11-20-13-16/h14-15,17H,2-13H2,1H3. The average molecular weight is 298 g/mol. The van der Waals surface area contributed by atoms with Crippen LogP contribution in [0.4, 0.5) is 0 Å². The van der Waals surface area contributed by atoms with Crippen molar-refractivity contribution in [2.75, 3.05) is 38.2 Å². The van der Waals surface area contributed by atoms with E-state index in [4.69, 9.17) is 4.74 Å². The Bertz CT molecular complexity index is 301. The van der Waals surface area contributed by atoms with Gasteiger partial charge in [0.1, 0.15) is 0 Å². The van der Waals surface area contributed by atoms with Gasteiger partial charge < -0.3 is 15.0 Å². The Morgan fingerprint density at radius 1 is 1.30 bits per heavy atom. The molecule has 2 heterocycles. The second-order valence-corrected chi connectivity index (χ2v) is 8.00. The molecule has 2 atom stereocenters. The molecular formula is C16H30N2OS. The molecule has 3 fully saturated rings. The first-order valence-electron chi connectivity index (χ1n) is 8.43. The van der Waals surface area contributed by atoms with Gasteiger partial charge in [0.2, 0.25) is 0 Å². The van der Waals surface area contributed by atoms with Gasteiger partial charge >= 0.3 is 0 Å². The van der Waals surface area contributed by atoms with E-state index in [2.05, 4.69) is 29.0 Å². The molecule has 2 unspecified atom stereocenters. The highest BCUT2D eigenvalue weighted by atomic mass is 32.2. The Kier molecular flexibility index (Phi) is 5.29. The van der Waals surface area contributed by atoms with Crippen molar-refractivity contribution in [1.82, 2.24) is 10.2 Å². The summed E-state index contributed by atoms with van der Waals surface area (Å²) in [5.41, 5.74) is 0.220. The van der Waals surface area contributed by atoms with Crippen molar-refractivity contribution in [3.05, 3.63) is 0 Å². The summed E-state index contributed by atoms with van der Waals surface area (Å²) in [6, 6.07) is 1.53. The van der Waals surface area contributed by atoms with Crippen LogP contribution in [0.3, 0.4) is 0 Å². The van der Waals surface area contributed by atoms with Gasteiger partial charge in [0.15, 0.2) is 0 Å². The number of nitrogens with one attached hydrogen (secondary N) is 1. The fraction of sp³-hybridized carbons (Fsp3) is 1.00. The van der Waals surface area contributed by atoms with Gasteiger partial charge in [-0.1, -0.05) is 12.8 Å². The zero-order chi connectivity index (χ0) is 13.8. The van der Waals surface area contributed by atoms with E-state index in [1.165, 1.54) is 63.0 Å². The predicted octanol–water partition coefficient (Wildman–Crippen LogP) is 2.51. The summed E-state index contributed by atoms with van der Waals surface area (Å²) in [6.07, 6.45) is 9.37. The van der Waals surface area contributed by atoms with Crippen LogP contribution >= 0.6 is 11.8 Å². The van der Waals surface area contributed by atoms with E-state index in [-0.39, 0.29) is 5.60 Å². The molecule has 1 spiro atoms. The van der Waals surface area contributed by atoms with Gasteiger partial charge in [-0.25, -0.2) is 0 Å². The molecule has 3 rings (SSSR count). The van der Waals surface area contributed by atoms with Crippen LogP contribution in [0.5, 0.6) is 0 Å². The highest BCUT2D eigenvalue weighted by Gasteiger charge is 2.40. The van der Waals surface area contributed by atoms with Crippen LogP contribution in [0.2, 0.25) is 0 Å². The summed E-state index contributed by atoms with van der Waals surface area (Å²) >= 11 is 2.07. The monoisotopic (exact) mass is 298 g/mol. The van der Waals surface area contributed by atoms with E-state index in [1.807, 2.05) is 0 Å². The maximum absolute atomic E-state index is 6.09. The highest BCUT2D eigenvalue weighted by Crippen LogP contribution is 2.38. The van der Waals surface area contributed by atoms with Crippen LogP contribution in [0.15, 0.2) is 0 Å². The van der Waals surface area contributed by atoms with Gasteiger partial charge in [0, 0.05) is 37.5 Å². The SMILES string of the molecule is CN(CCNC1CCOC2(CCSC2)C1)C1CCCC1. The summed E-state index contributed by atoms with van der Waals surface area (Å²) in [6.45, 7) is 3.29. The van der Waals surface area contributed by atoms with E-state index in [1.54, 1.807) is 0 Å². The number of thioether (sulfide) groups is 1. The van der Waals surface area contributed by atoms with Crippen molar-refractivity contribution < 1.29 is 4.74 Å². The van der Waals surface area contributed by atoms with Crippen molar-refractivity contribution in [3.63, 3.8) is 0 Å². The number of nitrogens with zero attached hydrogens (tertiary/aromatic N) is 1. The third kappa shape index (κ3) is 3.70. The molecule has 2 saturated heterocycles. The first kappa shape index (κ1) is 15.1. The molecule has 2 aliphatic heterocycles. The molecule has 4 heteroatoms. The summed E-state index contributed by atoms with van der Waals surface area (Å²) < 4.78 is 6.09. The lowest BCUT2D eigenvalue weighted by Crippen LogP contribution is -2.48. The second kappa shape index (κ2) is 6.99. The van der Waals surface area contributed by atoms with Crippen molar-refractivity contribution in [1.29, 1.82) is 0 Å². The molecule has 0 aromatic heterocycles. The zero-order valence-electron chi connectivity index (χ0n) is 12.9. The molecule has 1 N–H and O–H groups in total. The maximum Gasteiger partial charge on any atom is 0.0795 e. The minimum Gasteiger partial charge on any atom is -0.374 e. The van der Waals surface area contributed by atoms with E-state index >= 15 is 0 Å². The maximum atomic E-state index is 6.09. The van der Waals surface area contributed by atoms with E-state index < -0.39 is 0 Å². The fourth-order valence-electron chi connectivity index (χ4n) is 4.04. The van der Waals surface area contributed by atoms with Crippen molar-refractivity contribution >= 4 is 11.8 Å². The van der Waals surface area contributed by atoms with Gasteiger partial charge in [-0.15, -0.1) is 0 Å². The lowest BCUT2D eigenvalue weighted by molar-refractivity contribution is -0.0701. The van der Waals surface area contributed by atoms with Gasteiger partial charge in [-0.2, -0.15) is 11.8 Å². The molecule has 0 radical (unpaired) electrons. The molecule has 116 valence electrons. The highest BCUT2D eigenvalue weighted by molar-refractivity contribution is 7.99. The van der Waals surface area contributed by atoms with Crippen LogP contribution < -0.4 is 5.32 Å². The zero-order valence-corrected chi connectivity index (χ0v) is 13.7. The molecule has 0 amide bonds. The van der Waals surface area contributed by atoms with Gasteiger partial charge in [-0.05, 0) is 44.9 Å². The first-order valence-corrected chi connectivity index (χ1v) is 9.58. The van der Waals surface area contributed by atoms with E-state index in [0.717, 1.165) is 19.2 Å². The largest absolute Gasteiger partial charge is 0.374 e. The quantitative estimate of drug-likeness (QED) is 0.843. The van der Waals surface area contributed by atoms with Crippen LogP contribution in [0.1, 0.15) is 44.9 Å². The number of hydrogen-bond donors (Lipinski definition) is 1. The number of ether oxygens (including phenoxy) is 1. The third-order valence-electron chi connectivity index (χ3n) is 5.41. The first-order chi connectivity index (χ1) is 9.77. The van der Waals surface area contributed by atoms with Gasteiger partial charge in [0.25, 0.3) is 0 Å². The molecule has 1 saturated carbocycles. The topological polar surface area (TPSA) is 24.5 Å². The Hall–Kier alpha value is 0.230. The molecule has 20 heavy (non-hydrogen) atoms. The Labute approximate surface area is 128 Å². The van der Waals surface area contributed by atoms with E-state index in [0.29, 0.717) is 6.04 Å². The lowest BCUT2D eigenvalue weighted by atomic mass is 9.90. The Morgan fingerprint density at radius 2 is 2.15 bits per heavy atom. The molecule has 0 aromatic carbocycles. The Balaban J connectivity index is 1.37. The average Bonchev–Trinajstić information content (AvgIpc) is 3.11. The summed E-state index contributed by atoms with van der Waals surface area (Å²) in [7, 11) is 2.30. The number of hydrogen-bond acceptors (Lipinski definition) is 4. The van der Waals surface area contributed by atoms with Crippen molar-refractivity contribution in [2.45, 2.75) is 62.6 Å². The third-order valence-corrected chi connectivity index (χ3v) is 6.63. The Morgan fingerprint density at radius 3 is 2.90 bits per heavy atom. The van der Waals surface area contributed by atoms with Gasteiger partial charge in [-0.3, -0.25) is 0 Å². The predicted molar refractivity (Wildman–Crippen MR) is 86.5 cm³/mol.